The maximum Gasteiger partial charge on any atom is 0.220 e. The molecule has 0 atom stereocenters. The number of benzene rings is 2. The number of thiazole rings is 1. The number of fused-ring (bicyclic) bond motifs is 3. The lowest BCUT2D eigenvalue weighted by atomic mass is 10.1. The predicted molar refractivity (Wildman–Crippen MR) is 103 cm³/mol. The molecule has 4 aromatic rings. The highest BCUT2D eigenvalue weighted by atomic mass is 35.5. The highest BCUT2D eigenvalue weighted by Gasteiger charge is 2.11. The van der Waals surface area contributed by atoms with E-state index in [9.17, 15) is 4.79 Å². The normalized spacial score (nSPS) is 11.3. The van der Waals surface area contributed by atoms with Crippen LogP contribution in [0.1, 0.15) is 12.0 Å². The lowest BCUT2D eigenvalue weighted by molar-refractivity contribution is -0.120. The first-order valence-corrected chi connectivity index (χ1v) is 9.20. The first-order valence-electron chi connectivity index (χ1n) is 8.01. The van der Waals surface area contributed by atoms with Gasteiger partial charge in [0.1, 0.15) is 0 Å². The minimum Gasteiger partial charge on any atom is -0.359 e. The molecule has 4 rings (SSSR count). The van der Waals surface area contributed by atoms with E-state index in [1.165, 1.54) is 10.3 Å². The van der Waals surface area contributed by atoms with Crippen LogP contribution in [0.4, 0.5) is 0 Å². The predicted octanol–water partition coefficient (Wildman–Crippen LogP) is 4.55. The van der Waals surface area contributed by atoms with Gasteiger partial charge in [-0.05, 0) is 36.2 Å². The molecular formula is C19H16ClN3OS. The van der Waals surface area contributed by atoms with Gasteiger partial charge >= 0.3 is 0 Å². The first kappa shape index (κ1) is 16.1. The van der Waals surface area contributed by atoms with Gasteiger partial charge in [-0.1, -0.05) is 41.1 Å². The van der Waals surface area contributed by atoms with Crippen LogP contribution in [0, 0.1) is 0 Å². The van der Waals surface area contributed by atoms with E-state index in [0.29, 0.717) is 6.42 Å². The molecule has 2 aromatic carbocycles. The zero-order valence-electron chi connectivity index (χ0n) is 13.6. The summed E-state index contributed by atoms with van der Waals surface area (Å²) < 4.78 is 3.30. The summed E-state index contributed by atoms with van der Waals surface area (Å²) in [7, 11) is 1.66. The standard InChI is InChI=1S/C19H16ClN3OS/c1-21-18(24)9-3-12-2-8-16-17(10-12)25-19-22-15(11-23(16)19)13-4-6-14(20)7-5-13/h2,4-8,10-11H,3,9H2,1H3,(H,21,24). The SMILES string of the molecule is CNC(=O)CCc1ccc2c(c1)sc1nc(-c3ccc(Cl)cc3)cn12. The second kappa shape index (κ2) is 6.50. The van der Waals surface area contributed by atoms with Gasteiger partial charge in [-0.2, -0.15) is 0 Å². The Hall–Kier alpha value is -2.37. The number of aryl methyl sites for hydroxylation is 1. The van der Waals surface area contributed by atoms with E-state index >= 15 is 0 Å². The van der Waals surface area contributed by atoms with Gasteiger partial charge in [0.05, 0.1) is 15.9 Å². The summed E-state index contributed by atoms with van der Waals surface area (Å²) in [6.45, 7) is 0. The van der Waals surface area contributed by atoms with E-state index in [0.717, 1.165) is 33.2 Å². The van der Waals surface area contributed by atoms with Gasteiger partial charge in [0, 0.05) is 30.3 Å². The summed E-state index contributed by atoms with van der Waals surface area (Å²) in [6.07, 6.45) is 3.30. The molecule has 25 heavy (non-hydrogen) atoms. The van der Waals surface area contributed by atoms with Crippen molar-refractivity contribution in [3.63, 3.8) is 0 Å². The molecule has 4 nitrogen and oxygen atoms in total. The summed E-state index contributed by atoms with van der Waals surface area (Å²) in [5.74, 6) is 0.0636. The molecule has 0 fully saturated rings. The van der Waals surface area contributed by atoms with Gasteiger partial charge in [-0.3, -0.25) is 9.20 Å². The minimum absolute atomic E-state index is 0.0636. The molecule has 0 radical (unpaired) electrons. The Morgan fingerprint density at radius 2 is 2.04 bits per heavy atom. The maximum absolute atomic E-state index is 11.4. The summed E-state index contributed by atoms with van der Waals surface area (Å²) in [6, 6.07) is 14.0. The molecular weight excluding hydrogens is 354 g/mol. The van der Waals surface area contributed by atoms with Crippen LogP contribution in [0.5, 0.6) is 0 Å². The topological polar surface area (TPSA) is 46.4 Å². The molecule has 0 unspecified atom stereocenters. The smallest absolute Gasteiger partial charge is 0.220 e. The van der Waals surface area contributed by atoms with Crippen molar-refractivity contribution < 1.29 is 4.79 Å². The number of carbonyl (C=O) groups is 1. The van der Waals surface area contributed by atoms with E-state index in [2.05, 4.69) is 34.1 Å². The first-order chi connectivity index (χ1) is 12.1. The van der Waals surface area contributed by atoms with Crippen LogP contribution in [-0.4, -0.2) is 22.3 Å². The van der Waals surface area contributed by atoms with Crippen LogP contribution in [0.2, 0.25) is 5.02 Å². The molecule has 0 saturated heterocycles. The Morgan fingerprint density at radius 1 is 1.24 bits per heavy atom. The quantitative estimate of drug-likeness (QED) is 0.573. The van der Waals surface area contributed by atoms with Crippen molar-refractivity contribution in [3.8, 4) is 11.3 Å². The number of nitrogens with zero attached hydrogens (tertiary/aromatic N) is 2. The van der Waals surface area contributed by atoms with E-state index in [1.54, 1.807) is 18.4 Å². The molecule has 0 bridgehead atoms. The van der Waals surface area contributed by atoms with E-state index in [4.69, 9.17) is 16.6 Å². The van der Waals surface area contributed by atoms with Crippen molar-refractivity contribution in [2.75, 3.05) is 7.05 Å². The van der Waals surface area contributed by atoms with Crippen molar-refractivity contribution in [1.82, 2.24) is 14.7 Å². The second-order valence-electron chi connectivity index (χ2n) is 5.86. The third-order valence-electron chi connectivity index (χ3n) is 4.22. The largest absolute Gasteiger partial charge is 0.359 e. The monoisotopic (exact) mass is 369 g/mol. The minimum atomic E-state index is 0.0636. The van der Waals surface area contributed by atoms with Gasteiger partial charge in [-0.15, -0.1) is 0 Å². The Labute approximate surface area is 154 Å². The lowest BCUT2D eigenvalue weighted by Gasteiger charge is -2.01. The van der Waals surface area contributed by atoms with Gasteiger partial charge in [0.15, 0.2) is 4.96 Å². The molecule has 2 aromatic heterocycles. The number of hydrogen-bond donors (Lipinski definition) is 1. The molecule has 126 valence electrons. The zero-order valence-corrected chi connectivity index (χ0v) is 15.2. The fourth-order valence-corrected chi connectivity index (χ4v) is 4.04. The third-order valence-corrected chi connectivity index (χ3v) is 5.49. The lowest BCUT2D eigenvalue weighted by Crippen LogP contribution is -2.17. The fourth-order valence-electron chi connectivity index (χ4n) is 2.84. The van der Waals surface area contributed by atoms with Gasteiger partial charge < -0.3 is 5.32 Å². The average molecular weight is 370 g/mol. The van der Waals surface area contributed by atoms with Crippen molar-refractivity contribution in [2.45, 2.75) is 12.8 Å². The van der Waals surface area contributed by atoms with E-state index < -0.39 is 0 Å². The number of halogens is 1. The number of amides is 1. The number of imidazole rings is 1. The van der Waals surface area contributed by atoms with Crippen molar-refractivity contribution in [1.29, 1.82) is 0 Å². The number of aromatic nitrogens is 2. The summed E-state index contributed by atoms with van der Waals surface area (Å²) in [5.41, 5.74) is 4.29. The molecule has 0 spiro atoms. The molecule has 1 amide bonds. The molecule has 2 heterocycles. The summed E-state index contributed by atoms with van der Waals surface area (Å²) in [4.78, 5) is 17.1. The van der Waals surface area contributed by atoms with Crippen molar-refractivity contribution in [2.24, 2.45) is 0 Å². The van der Waals surface area contributed by atoms with E-state index in [-0.39, 0.29) is 5.91 Å². The Kier molecular flexibility index (Phi) is 4.19. The van der Waals surface area contributed by atoms with Crippen molar-refractivity contribution in [3.05, 3.63) is 59.2 Å². The molecule has 1 N–H and O–H groups in total. The van der Waals surface area contributed by atoms with Gasteiger partial charge in [0.25, 0.3) is 0 Å². The Balaban J connectivity index is 1.68. The van der Waals surface area contributed by atoms with Crippen LogP contribution in [0.15, 0.2) is 48.7 Å². The van der Waals surface area contributed by atoms with Crippen LogP contribution < -0.4 is 5.32 Å². The number of carbonyl (C=O) groups excluding carboxylic acids is 1. The van der Waals surface area contributed by atoms with Crippen molar-refractivity contribution >= 4 is 44.0 Å². The Bertz CT molecular complexity index is 1070. The fraction of sp³-hybridized carbons (Fsp3) is 0.158. The second-order valence-corrected chi connectivity index (χ2v) is 7.31. The van der Waals surface area contributed by atoms with E-state index in [1.807, 2.05) is 24.3 Å². The number of nitrogens with one attached hydrogen (secondary N) is 1. The Morgan fingerprint density at radius 3 is 2.80 bits per heavy atom. The summed E-state index contributed by atoms with van der Waals surface area (Å²) >= 11 is 7.62. The summed E-state index contributed by atoms with van der Waals surface area (Å²) in [5, 5.41) is 3.38. The molecule has 6 heteroatoms. The third kappa shape index (κ3) is 3.13. The molecule has 0 saturated carbocycles. The zero-order chi connectivity index (χ0) is 17.4. The maximum atomic E-state index is 11.4. The van der Waals surface area contributed by atoms with Gasteiger partial charge in [-0.25, -0.2) is 4.98 Å². The molecule has 0 aliphatic heterocycles. The van der Waals surface area contributed by atoms with Crippen LogP contribution >= 0.6 is 22.9 Å². The molecule has 0 aliphatic rings. The van der Waals surface area contributed by atoms with Crippen LogP contribution in [-0.2, 0) is 11.2 Å². The van der Waals surface area contributed by atoms with Gasteiger partial charge in [0.2, 0.25) is 5.91 Å². The molecule has 0 aliphatic carbocycles. The van der Waals surface area contributed by atoms with Crippen LogP contribution in [0.3, 0.4) is 0 Å². The van der Waals surface area contributed by atoms with Crippen LogP contribution in [0.25, 0.3) is 26.4 Å². The number of rotatable bonds is 4. The number of hydrogen-bond acceptors (Lipinski definition) is 3. The average Bonchev–Trinajstić information content (AvgIpc) is 3.17. The highest BCUT2D eigenvalue weighted by molar-refractivity contribution is 7.23. The highest BCUT2D eigenvalue weighted by Crippen LogP contribution is 2.30.